The van der Waals surface area contributed by atoms with Crippen molar-refractivity contribution in [3.05, 3.63) is 44.9 Å². The molecule has 2 heterocycles. The maximum absolute atomic E-state index is 12.2. The van der Waals surface area contributed by atoms with E-state index in [9.17, 15) is 13.6 Å². The number of aryl methyl sites for hydroxylation is 1. The van der Waals surface area contributed by atoms with E-state index < -0.39 is 17.1 Å². The molecule has 0 radical (unpaired) electrons. The van der Waals surface area contributed by atoms with Gasteiger partial charge in [-0.05, 0) is 24.6 Å². The lowest BCUT2D eigenvalue weighted by atomic mass is 10.3. The Labute approximate surface area is 139 Å². The monoisotopic (exact) mass is 358 g/mol. The summed E-state index contributed by atoms with van der Waals surface area (Å²) in [6, 6.07) is 2.51. The van der Waals surface area contributed by atoms with Crippen LogP contribution >= 0.6 is 22.9 Å². The third-order valence-corrected chi connectivity index (χ3v) is 5.04. The van der Waals surface area contributed by atoms with Crippen molar-refractivity contribution >= 4 is 45.6 Å². The van der Waals surface area contributed by atoms with Crippen molar-refractivity contribution in [3.8, 4) is 0 Å². The summed E-state index contributed by atoms with van der Waals surface area (Å²) >= 11 is 4.84. The number of rotatable bonds is 5. The average Bonchev–Trinajstić information content (AvgIpc) is 2.80. The Hall–Kier alpha value is -1.32. The van der Waals surface area contributed by atoms with Crippen LogP contribution < -0.4 is 11.1 Å². The number of anilines is 1. The van der Waals surface area contributed by atoms with Gasteiger partial charge in [-0.3, -0.25) is 14.0 Å². The van der Waals surface area contributed by atoms with Crippen LogP contribution in [0.15, 0.2) is 24.5 Å². The minimum atomic E-state index is -2.28. The Morgan fingerprint density at radius 3 is 2.91 bits per heavy atom. The Balaban J connectivity index is 2.15. The molecule has 0 aliphatic rings. The van der Waals surface area contributed by atoms with Crippen molar-refractivity contribution in [1.29, 1.82) is 0 Å². The van der Waals surface area contributed by atoms with Gasteiger partial charge in [-0.25, -0.2) is 0 Å². The molecule has 6 nitrogen and oxygen atoms in total. The van der Waals surface area contributed by atoms with Gasteiger partial charge < -0.3 is 15.6 Å². The van der Waals surface area contributed by atoms with Gasteiger partial charge in [0.1, 0.15) is 0 Å². The van der Waals surface area contributed by atoms with Gasteiger partial charge >= 0.3 is 0 Å². The second-order valence-corrected chi connectivity index (χ2v) is 7.04. The van der Waals surface area contributed by atoms with Crippen molar-refractivity contribution in [3.63, 3.8) is 0 Å². The van der Waals surface area contributed by atoms with E-state index in [4.69, 9.17) is 17.3 Å². The van der Waals surface area contributed by atoms with Gasteiger partial charge in [-0.15, -0.1) is 11.3 Å². The van der Waals surface area contributed by atoms with E-state index in [1.165, 1.54) is 12.3 Å². The molecule has 2 rings (SSSR count). The number of hydrogen-bond acceptors (Lipinski definition) is 6. The molecule has 2 atom stereocenters. The fourth-order valence-electron chi connectivity index (χ4n) is 1.79. The number of hydrogen-bond donors (Lipinski definition) is 2. The highest BCUT2D eigenvalue weighted by Crippen LogP contribution is 2.32. The zero-order valence-corrected chi connectivity index (χ0v) is 13.9. The van der Waals surface area contributed by atoms with Crippen LogP contribution in [0.3, 0.4) is 0 Å². The number of amides is 1. The Kier molecular flexibility index (Phi) is 5.65. The van der Waals surface area contributed by atoms with Crippen LogP contribution in [0.25, 0.3) is 0 Å². The van der Waals surface area contributed by atoms with Crippen molar-refractivity contribution in [1.82, 2.24) is 4.98 Å². The molecule has 2 aromatic rings. The first-order valence-corrected chi connectivity index (χ1v) is 8.64. The maximum Gasteiger partial charge on any atom is 0.265 e. The molecule has 0 saturated carbocycles. The molecule has 2 aromatic heterocycles. The van der Waals surface area contributed by atoms with Crippen LogP contribution in [0.4, 0.5) is 5.69 Å². The number of pyridine rings is 1. The zero-order valence-electron chi connectivity index (χ0n) is 11.5. The predicted molar refractivity (Wildman–Crippen MR) is 87.0 cm³/mol. The second kappa shape index (κ2) is 7.30. The van der Waals surface area contributed by atoms with E-state index >= 15 is 0 Å². The van der Waals surface area contributed by atoms with Gasteiger partial charge in [0, 0.05) is 16.8 Å². The summed E-state index contributed by atoms with van der Waals surface area (Å²) in [5.41, 5.74) is 7.26. The smallest absolute Gasteiger partial charge is 0.265 e. The number of carbonyl (C=O) groups is 1. The Morgan fingerprint density at radius 1 is 1.55 bits per heavy atom. The van der Waals surface area contributed by atoms with E-state index in [1.54, 1.807) is 12.3 Å². The second-order valence-electron chi connectivity index (χ2n) is 4.60. The van der Waals surface area contributed by atoms with Gasteiger partial charge in [0.25, 0.3) is 5.91 Å². The van der Waals surface area contributed by atoms with Crippen molar-refractivity contribution in [2.45, 2.75) is 13.0 Å². The first-order valence-electron chi connectivity index (χ1n) is 6.20. The first-order chi connectivity index (χ1) is 10.4. The van der Waals surface area contributed by atoms with Crippen molar-refractivity contribution in [2.75, 3.05) is 11.1 Å². The molecule has 22 heavy (non-hydrogen) atoms. The highest BCUT2D eigenvalue weighted by molar-refractivity contribution is 7.79. The fraction of sp³-hybridized carbons (Fsp3) is 0.231. The number of nitrogens with zero attached hydrogens (tertiary/aromatic N) is 1. The molecule has 3 N–H and O–H groups in total. The molecule has 1 amide bonds. The van der Waals surface area contributed by atoms with E-state index in [0.717, 1.165) is 16.9 Å². The molecule has 9 heteroatoms. The largest absolute Gasteiger partial charge is 0.772 e. The van der Waals surface area contributed by atoms with E-state index in [0.29, 0.717) is 15.4 Å². The number of nitrogens with one attached hydrogen (secondary N) is 1. The van der Waals surface area contributed by atoms with Crippen molar-refractivity contribution < 1.29 is 13.6 Å². The molecule has 118 valence electrons. The quantitative estimate of drug-likeness (QED) is 0.797. The zero-order chi connectivity index (χ0) is 16.3. The Morgan fingerprint density at radius 2 is 2.27 bits per heavy atom. The number of halogens is 1. The van der Waals surface area contributed by atoms with Crippen LogP contribution in [0.1, 0.15) is 26.2 Å². The molecule has 1 unspecified atom stereocenters. The lowest BCUT2D eigenvalue weighted by molar-refractivity contribution is 0.103. The summed E-state index contributed by atoms with van der Waals surface area (Å²) < 4.78 is 21.4. The van der Waals surface area contributed by atoms with Crippen LogP contribution in [0.2, 0.25) is 5.02 Å². The minimum Gasteiger partial charge on any atom is -0.772 e. The molecule has 0 aromatic carbocycles. The lowest BCUT2D eigenvalue weighted by Crippen LogP contribution is -2.17. The fourth-order valence-corrected chi connectivity index (χ4v) is 3.73. The highest BCUT2D eigenvalue weighted by atomic mass is 35.5. The molecule has 0 aliphatic carbocycles. The van der Waals surface area contributed by atoms with E-state index in [1.807, 2.05) is 6.92 Å². The first kappa shape index (κ1) is 17.0. The lowest BCUT2D eigenvalue weighted by Gasteiger charge is -2.11. The van der Waals surface area contributed by atoms with Crippen molar-refractivity contribution in [2.24, 2.45) is 5.73 Å². The summed E-state index contributed by atoms with van der Waals surface area (Å²) in [5, 5.41) is 2.99. The number of carbonyl (C=O) groups excluding carboxylic acids is 1. The summed E-state index contributed by atoms with van der Waals surface area (Å²) in [5.74, 6) is -0.593. The van der Waals surface area contributed by atoms with Gasteiger partial charge in [-0.1, -0.05) is 22.7 Å². The van der Waals surface area contributed by atoms with Crippen LogP contribution in [0.5, 0.6) is 0 Å². The number of thiophene rings is 1. The summed E-state index contributed by atoms with van der Waals surface area (Å²) in [6.45, 7) is 1.87. The summed E-state index contributed by atoms with van der Waals surface area (Å²) in [6.07, 6.45) is 3.21. The maximum atomic E-state index is 12.2. The van der Waals surface area contributed by atoms with Gasteiger partial charge in [0.2, 0.25) is 0 Å². The highest BCUT2D eigenvalue weighted by Gasteiger charge is 2.18. The van der Waals surface area contributed by atoms with Crippen LogP contribution in [-0.2, 0) is 11.1 Å². The molecule has 0 bridgehead atoms. The van der Waals surface area contributed by atoms with E-state index in [-0.39, 0.29) is 16.7 Å². The topological polar surface area (TPSA) is 108 Å². The minimum absolute atomic E-state index is 0.247. The van der Waals surface area contributed by atoms with Gasteiger partial charge in [0.15, 0.2) is 0 Å². The summed E-state index contributed by atoms with van der Waals surface area (Å²) in [4.78, 5) is 17.0. The van der Waals surface area contributed by atoms with E-state index in [2.05, 4.69) is 10.3 Å². The molecular weight excluding hydrogens is 346 g/mol. The SMILES string of the molecule is Cc1cncc(NC(=O)c2cc(Cl)c([C@@H](N)CS(=O)[O-])s2)c1. The Bertz CT molecular complexity index is 720. The van der Waals surface area contributed by atoms with Gasteiger partial charge in [0.05, 0.1) is 27.8 Å². The van der Waals surface area contributed by atoms with Crippen LogP contribution in [-0.4, -0.2) is 25.4 Å². The molecule has 0 aliphatic heterocycles. The molecule has 0 spiro atoms. The number of nitrogens with two attached hydrogens (primary N) is 1. The summed E-state index contributed by atoms with van der Waals surface area (Å²) in [7, 11) is 0. The molecule has 0 saturated heterocycles. The van der Waals surface area contributed by atoms with Crippen LogP contribution in [0, 0.1) is 6.92 Å². The molecule has 0 fully saturated rings. The average molecular weight is 359 g/mol. The third kappa shape index (κ3) is 4.34. The standard InChI is InChI=1S/C13H14ClN3O3S2/c1-7-2-8(5-16-4-7)17-13(18)11-3-9(14)12(21-11)10(15)6-22(19)20/h2-5,10H,6,15H2,1H3,(H,17,18)(H,19,20)/p-1/t10-/m0/s1. The number of aromatic nitrogens is 1. The normalized spacial score (nSPS) is 13.6. The predicted octanol–water partition coefficient (Wildman–Crippen LogP) is 2.24. The molecular formula is C13H13ClN3O3S2-. The van der Waals surface area contributed by atoms with Gasteiger partial charge in [-0.2, -0.15) is 0 Å². The third-order valence-electron chi connectivity index (χ3n) is 2.72.